The van der Waals surface area contributed by atoms with Gasteiger partial charge in [-0.05, 0) is 46.5 Å². The highest BCUT2D eigenvalue weighted by molar-refractivity contribution is 6.30. The van der Waals surface area contributed by atoms with E-state index in [4.69, 9.17) is 21.4 Å². The molecule has 0 aliphatic heterocycles. The number of aliphatic carboxylic acids is 1. The van der Waals surface area contributed by atoms with Crippen molar-refractivity contribution in [3.8, 4) is 16.9 Å². The first-order valence-corrected chi connectivity index (χ1v) is 8.93. The summed E-state index contributed by atoms with van der Waals surface area (Å²) in [6.45, 7) is -0.0215. The minimum Gasteiger partial charge on any atom is -0.489 e. The summed E-state index contributed by atoms with van der Waals surface area (Å²) in [4.78, 5) is 15.0. The van der Waals surface area contributed by atoms with Crippen LogP contribution in [0.5, 0.6) is 5.75 Å². The number of carboxylic acids is 1. The molecule has 0 amide bonds. The summed E-state index contributed by atoms with van der Waals surface area (Å²) in [5.41, 5.74) is 3.86. The van der Waals surface area contributed by atoms with Crippen LogP contribution in [0.15, 0.2) is 78.0 Å². The number of benzene rings is 3. The maximum absolute atomic E-state index is 10.4. The smallest absolute Gasteiger partial charge is 0.344 e. The van der Waals surface area contributed by atoms with Crippen molar-refractivity contribution < 1.29 is 19.5 Å². The molecule has 0 saturated carbocycles. The van der Waals surface area contributed by atoms with Crippen molar-refractivity contribution in [3.63, 3.8) is 0 Å². The number of nitrogens with zero attached hydrogens (tertiary/aromatic N) is 1. The average Bonchev–Trinajstić information content (AvgIpc) is 2.70. The van der Waals surface area contributed by atoms with Gasteiger partial charge in [0.05, 0.1) is 6.21 Å². The average molecular weight is 396 g/mol. The van der Waals surface area contributed by atoms with E-state index in [-0.39, 0.29) is 0 Å². The summed E-state index contributed by atoms with van der Waals surface area (Å²) < 4.78 is 5.87. The zero-order chi connectivity index (χ0) is 19.8. The number of ether oxygens (including phenoxy) is 1. The topological polar surface area (TPSA) is 68.1 Å². The monoisotopic (exact) mass is 395 g/mol. The van der Waals surface area contributed by atoms with Crippen LogP contribution >= 0.6 is 11.6 Å². The second kappa shape index (κ2) is 9.58. The Labute approximate surface area is 167 Å². The highest BCUT2D eigenvalue weighted by Gasteiger charge is 2.02. The molecule has 0 fully saturated rings. The summed E-state index contributed by atoms with van der Waals surface area (Å²) in [5.74, 6) is -0.296. The zero-order valence-electron chi connectivity index (χ0n) is 14.9. The fraction of sp³-hybridized carbons (Fsp3) is 0.0909. The summed E-state index contributed by atoms with van der Waals surface area (Å²) in [7, 11) is 0. The second-order valence-corrected chi connectivity index (χ2v) is 6.41. The number of hydrogen-bond acceptors (Lipinski definition) is 4. The largest absolute Gasteiger partial charge is 0.489 e. The van der Waals surface area contributed by atoms with Crippen LogP contribution in [0.3, 0.4) is 0 Å². The highest BCUT2D eigenvalue weighted by atomic mass is 35.5. The van der Waals surface area contributed by atoms with Crippen molar-refractivity contribution in [1.82, 2.24) is 0 Å². The maximum atomic E-state index is 10.4. The predicted molar refractivity (Wildman–Crippen MR) is 109 cm³/mol. The fourth-order valence-electron chi connectivity index (χ4n) is 2.51. The van der Waals surface area contributed by atoms with Gasteiger partial charge >= 0.3 is 5.97 Å². The normalized spacial score (nSPS) is 10.8. The van der Waals surface area contributed by atoms with Crippen LogP contribution in [-0.2, 0) is 16.2 Å². The molecule has 1 N–H and O–H groups in total. The lowest BCUT2D eigenvalue weighted by Crippen LogP contribution is -2.03. The highest BCUT2D eigenvalue weighted by Crippen LogP contribution is 2.25. The van der Waals surface area contributed by atoms with Gasteiger partial charge in [0.25, 0.3) is 0 Å². The molecule has 142 valence electrons. The van der Waals surface area contributed by atoms with Crippen molar-refractivity contribution in [2.45, 2.75) is 6.61 Å². The first-order valence-electron chi connectivity index (χ1n) is 8.55. The Balaban J connectivity index is 1.63. The van der Waals surface area contributed by atoms with Crippen molar-refractivity contribution in [2.24, 2.45) is 5.16 Å². The Bertz CT molecular complexity index is 970. The van der Waals surface area contributed by atoms with E-state index in [1.807, 2.05) is 72.8 Å². The fourth-order valence-corrected chi connectivity index (χ4v) is 2.72. The molecule has 0 heterocycles. The molecule has 3 aromatic rings. The maximum Gasteiger partial charge on any atom is 0.344 e. The quantitative estimate of drug-likeness (QED) is 0.429. The molecule has 0 aliphatic rings. The Morgan fingerprint density at radius 3 is 2.54 bits per heavy atom. The summed E-state index contributed by atoms with van der Waals surface area (Å²) in [5, 5.41) is 12.8. The van der Waals surface area contributed by atoms with Gasteiger partial charge in [-0.1, -0.05) is 65.3 Å². The molecule has 6 heteroatoms. The Morgan fingerprint density at radius 1 is 1.00 bits per heavy atom. The van der Waals surface area contributed by atoms with Gasteiger partial charge < -0.3 is 14.7 Å². The van der Waals surface area contributed by atoms with Gasteiger partial charge in [-0.25, -0.2) is 4.79 Å². The van der Waals surface area contributed by atoms with E-state index >= 15 is 0 Å². The second-order valence-electron chi connectivity index (χ2n) is 5.97. The lowest BCUT2D eigenvalue weighted by Gasteiger charge is -2.09. The van der Waals surface area contributed by atoms with E-state index in [1.54, 1.807) is 0 Å². The molecule has 5 nitrogen and oxygen atoms in total. The number of carboxylic acid groups (broad SMARTS) is 1. The van der Waals surface area contributed by atoms with Gasteiger partial charge in [-0.15, -0.1) is 0 Å². The molecule has 28 heavy (non-hydrogen) atoms. The van der Waals surface area contributed by atoms with E-state index in [0.29, 0.717) is 11.6 Å². The van der Waals surface area contributed by atoms with Gasteiger partial charge in [0.1, 0.15) is 12.4 Å². The summed E-state index contributed by atoms with van der Waals surface area (Å²) >= 11 is 6.00. The minimum atomic E-state index is -1.06. The van der Waals surface area contributed by atoms with Crippen molar-refractivity contribution in [1.29, 1.82) is 0 Å². The molecule has 0 atom stereocenters. The molecule has 0 unspecified atom stereocenters. The Morgan fingerprint density at radius 2 is 1.79 bits per heavy atom. The third kappa shape index (κ3) is 5.86. The number of rotatable bonds is 8. The third-order valence-electron chi connectivity index (χ3n) is 3.84. The lowest BCUT2D eigenvalue weighted by molar-refractivity contribution is -0.142. The molecule has 3 aromatic carbocycles. The van der Waals surface area contributed by atoms with Gasteiger partial charge in [0.15, 0.2) is 0 Å². The van der Waals surface area contributed by atoms with Crippen LogP contribution < -0.4 is 4.74 Å². The SMILES string of the molecule is O=C(O)CO/N=C/c1ccc(-c2cccc(OCc3cccc(Cl)c3)c2)cc1. The van der Waals surface area contributed by atoms with Crippen LogP contribution in [0.1, 0.15) is 11.1 Å². The van der Waals surface area contributed by atoms with Crippen molar-refractivity contribution >= 4 is 23.8 Å². The molecule has 0 aromatic heterocycles. The van der Waals surface area contributed by atoms with Crippen LogP contribution in [-0.4, -0.2) is 23.9 Å². The van der Waals surface area contributed by atoms with Gasteiger partial charge in [0, 0.05) is 5.02 Å². The molecular formula is C22H18ClNO4. The number of oxime groups is 1. The summed E-state index contributed by atoms with van der Waals surface area (Å²) in [6, 6.07) is 23.1. The van der Waals surface area contributed by atoms with Crippen LogP contribution in [0.25, 0.3) is 11.1 Å². The van der Waals surface area contributed by atoms with Gasteiger partial charge in [-0.2, -0.15) is 0 Å². The number of halogens is 1. The Hall–Kier alpha value is -3.31. The third-order valence-corrected chi connectivity index (χ3v) is 4.07. The zero-order valence-corrected chi connectivity index (χ0v) is 15.7. The Kier molecular flexibility index (Phi) is 6.65. The first-order chi connectivity index (χ1) is 13.6. The first kappa shape index (κ1) is 19.5. The molecule has 0 aliphatic carbocycles. The molecule has 0 bridgehead atoms. The molecule has 0 spiro atoms. The number of hydrogen-bond donors (Lipinski definition) is 1. The molecular weight excluding hydrogens is 378 g/mol. The minimum absolute atomic E-state index is 0.440. The predicted octanol–water partition coefficient (Wildman–Crippen LogP) is 5.02. The van der Waals surface area contributed by atoms with Gasteiger partial charge in [0.2, 0.25) is 6.61 Å². The van der Waals surface area contributed by atoms with E-state index in [1.165, 1.54) is 6.21 Å². The number of carbonyl (C=O) groups is 1. The standard InChI is InChI=1S/C22H18ClNO4/c23-20-5-1-3-17(11-20)14-27-21-6-2-4-19(12-21)18-9-7-16(8-10-18)13-24-28-15-22(25)26/h1-13H,14-15H2,(H,25,26)/b24-13+. The molecule has 0 saturated heterocycles. The van der Waals surface area contributed by atoms with Crippen LogP contribution in [0, 0.1) is 0 Å². The van der Waals surface area contributed by atoms with Gasteiger partial charge in [-0.3, -0.25) is 0 Å². The van der Waals surface area contributed by atoms with Crippen LogP contribution in [0.2, 0.25) is 5.02 Å². The lowest BCUT2D eigenvalue weighted by atomic mass is 10.0. The van der Waals surface area contributed by atoms with Crippen molar-refractivity contribution in [2.75, 3.05) is 6.61 Å². The molecule has 3 rings (SSSR count). The van der Waals surface area contributed by atoms with E-state index in [9.17, 15) is 4.79 Å². The van der Waals surface area contributed by atoms with Crippen molar-refractivity contribution in [3.05, 3.63) is 88.9 Å². The van der Waals surface area contributed by atoms with E-state index in [2.05, 4.69) is 9.99 Å². The summed E-state index contributed by atoms with van der Waals surface area (Å²) in [6.07, 6.45) is 1.47. The van der Waals surface area contributed by atoms with E-state index in [0.717, 1.165) is 28.0 Å². The van der Waals surface area contributed by atoms with E-state index < -0.39 is 12.6 Å². The van der Waals surface area contributed by atoms with Crippen LogP contribution in [0.4, 0.5) is 0 Å². The molecule has 0 radical (unpaired) electrons.